The highest BCUT2D eigenvalue weighted by atomic mass is 32.2. The predicted octanol–water partition coefficient (Wildman–Crippen LogP) is 4.99. The fourth-order valence-electron chi connectivity index (χ4n) is 3.45. The van der Waals surface area contributed by atoms with E-state index < -0.39 is 5.63 Å². The molecule has 3 aromatic heterocycles. The van der Waals surface area contributed by atoms with Gasteiger partial charge in [-0.25, -0.2) is 9.78 Å². The molecule has 0 saturated heterocycles. The van der Waals surface area contributed by atoms with Gasteiger partial charge in [0.2, 0.25) is 0 Å². The number of hydrogen-bond acceptors (Lipinski definition) is 7. The Kier molecular flexibility index (Phi) is 5.71. The predicted molar refractivity (Wildman–Crippen MR) is 122 cm³/mol. The molecule has 4 rings (SSSR count). The Morgan fingerprint density at radius 2 is 2.10 bits per heavy atom. The maximum atomic E-state index is 12.8. The first-order valence-electron chi connectivity index (χ1n) is 9.76. The maximum Gasteiger partial charge on any atom is 0.336 e. The second-order valence-electron chi connectivity index (χ2n) is 7.47. The number of H-pyrrole nitrogens is 1. The fourth-order valence-corrected chi connectivity index (χ4v) is 5.41. The molecular formula is C22H22N2O4S2. The van der Waals surface area contributed by atoms with E-state index in [-0.39, 0.29) is 11.3 Å². The monoisotopic (exact) mass is 442 g/mol. The third-order valence-corrected chi connectivity index (χ3v) is 7.23. The zero-order valence-electron chi connectivity index (χ0n) is 16.9. The van der Waals surface area contributed by atoms with Crippen LogP contribution in [0.2, 0.25) is 0 Å². The molecule has 2 N–H and O–H groups in total. The van der Waals surface area contributed by atoms with Crippen molar-refractivity contribution in [3.05, 3.63) is 61.0 Å². The van der Waals surface area contributed by atoms with Gasteiger partial charge in [-0.2, -0.15) is 0 Å². The number of phenols is 1. The number of aryl methyl sites for hydroxylation is 1. The number of rotatable bonds is 6. The third kappa shape index (κ3) is 4.02. The first kappa shape index (κ1) is 20.7. The summed E-state index contributed by atoms with van der Waals surface area (Å²) >= 11 is 2.91. The molecule has 4 aromatic rings. The van der Waals surface area contributed by atoms with Crippen LogP contribution in [0.15, 0.2) is 43.4 Å². The number of phenolic OH excluding ortho intramolecular Hbond substituents is 1. The van der Waals surface area contributed by atoms with Crippen molar-refractivity contribution in [2.24, 2.45) is 5.92 Å². The Hall–Kier alpha value is -2.58. The number of benzene rings is 1. The van der Waals surface area contributed by atoms with Crippen molar-refractivity contribution in [3.8, 4) is 5.75 Å². The molecule has 1 atom stereocenters. The van der Waals surface area contributed by atoms with Gasteiger partial charge < -0.3 is 14.5 Å². The van der Waals surface area contributed by atoms with Crippen LogP contribution < -0.4 is 11.2 Å². The summed E-state index contributed by atoms with van der Waals surface area (Å²) in [4.78, 5) is 34.2. The first-order valence-corrected chi connectivity index (χ1v) is 11.6. The first-order chi connectivity index (χ1) is 14.4. The summed E-state index contributed by atoms with van der Waals surface area (Å²) < 4.78 is 5.17. The molecule has 0 radical (unpaired) electrons. The molecule has 0 amide bonds. The van der Waals surface area contributed by atoms with E-state index in [1.165, 1.54) is 23.9 Å². The Morgan fingerprint density at radius 1 is 1.30 bits per heavy atom. The normalized spacial score (nSPS) is 12.6. The lowest BCUT2D eigenvalue weighted by molar-refractivity contribution is 0.473. The Morgan fingerprint density at radius 3 is 2.87 bits per heavy atom. The van der Waals surface area contributed by atoms with Gasteiger partial charge in [0.1, 0.15) is 16.2 Å². The summed E-state index contributed by atoms with van der Waals surface area (Å²) in [6.07, 6.45) is 1.94. The fraction of sp³-hybridized carbons (Fsp3) is 0.318. The van der Waals surface area contributed by atoms with E-state index in [4.69, 9.17) is 4.42 Å². The van der Waals surface area contributed by atoms with E-state index in [1.54, 1.807) is 23.5 Å². The van der Waals surface area contributed by atoms with Crippen molar-refractivity contribution < 1.29 is 9.52 Å². The molecule has 0 aliphatic carbocycles. The number of aromatic hydroxyl groups is 1. The molecule has 8 heteroatoms. The summed E-state index contributed by atoms with van der Waals surface area (Å²) in [7, 11) is 0. The largest absolute Gasteiger partial charge is 0.508 e. The lowest BCUT2D eigenvalue weighted by atomic mass is 9.98. The van der Waals surface area contributed by atoms with Gasteiger partial charge >= 0.3 is 5.63 Å². The minimum Gasteiger partial charge on any atom is -0.508 e. The van der Waals surface area contributed by atoms with Crippen molar-refractivity contribution in [1.29, 1.82) is 0 Å². The van der Waals surface area contributed by atoms with Crippen LogP contribution in [0, 0.1) is 12.8 Å². The average molecular weight is 443 g/mol. The van der Waals surface area contributed by atoms with Gasteiger partial charge in [0.05, 0.1) is 5.39 Å². The number of thioether (sulfide) groups is 1. The summed E-state index contributed by atoms with van der Waals surface area (Å²) in [6, 6.07) is 6.12. The van der Waals surface area contributed by atoms with Crippen LogP contribution in [0.1, 0.15) is 36.3 Å². The standard InChI is InChI=1S/C22H22N2O4S2/c1-4-11(2)7-16-12(3)30-21-19(16)20(27)23-22(24-21)29-10-13-8-18(26)28-17-9-14(25)5-6-15(13)17/h5-6,8-9,11,25H,4,7,10H2,1-3H3,(H,23,24,27). The average Bonchev–Trinajstić information content (AvgIpc) is 3.01. The van der Waals surface area contributed by atoms with E-state index in [9.17, 15) is 14.7 Å². The van der Waals surface area contributed by atoms with E-state index in [0.717, 1.165) is 39.1 Å². The molecule has 30 heavy (non-hydrogen) atoms. The maximum absolute atomic E-state index is 12.8. The SMILES string of the molecule is CCC(C)Cc1c(C)sc2nc(SCc3cc(=O)oc4cc(O)ccc34)[nH]c(=O)c12. The van der Waals surface area contributed by atoms with Crippen LogP contribution in [0.3, 0.4) is 0 Å². The Bertz CT molecular complexity index is 1350. The highest BCUT2D eigenvalue weighted by Gasteiger charge is 2.17. The van der Waals surface area contributed by atoms with Crippen molar-refractivity contribution >= 4 is 44.3 Å². The van der Waals surface area contributed by atoms with Crippen LogP contribution in [-0.4, -0.2) is 15.1 Å². The van der Waals surface area contributed by atoms with E-state index in [1.807, 2.05) is 6.92 Å². The van der Waals surface area contributed by atoms with Gasteiger partial charge in [-0.05, 0) is 42.5 Å². The molecule has 0 spiro atoms. The van der Waals surface area contributed by atoms with Crippen LogP contribution >= 0.6 is 23.1 Å². The number of aromatic amines is 1. The van der Waals surface area contributed by atoms with Crippen LogP contribution in [0.5, 0.6) is 5.75 Å². The molecule has 0 aliphatic rings. The van der Waals surface area contributed by atoms with Crippen molar-refractivity contribution in [2.75, 3.05) is 0 Å². The zero-order chi connectivity index (χ0) is 21.4. The summed E-state index contributed by atoms with van der Waals surface area (Å²) in [5.74, 6) is 0.978. The minimum absolute atomic E-state index is 0.0353. The number of thiophene rings is 1. The van der Waals surface area contributed by atoms with Gasteiger partial charge in [0.25, 0.3) is 5.56 Å². The number of fused-ring (bicyclic) bond motifs is 2. The topological polar surface area (TPSA) is 96.2 Å². The van der Waals surface area contributed by atoms with Crippen LogP contribution in [0.4, 0.5) is 0 Å². The van der Waals surface area contributed by atoms with E-state index in [0.29, 0.717) is 27.8 Å². The quantitative estimate of drug-likeness (QED) is 0.248. The van der Waals surface area contributed by atoms with Crippen molar-refractivity contribution in [1.82, 2.24) is 9.97 Å². The highest BCUT2D eigenvalue weighted by molar-refractivity contribution is 7.98. The summed E-state index contributed by atoms with van der Waals surface area (Å²) in [5.41, 5.74) is 1.59. The zero-order valence-corrected chi connectivity index (χ0v) is 18.6. The smallest absolute Gasteiger partial charge is 0.336 e. The molecule has 156 valence electrons. The number of hydrogen-bond donors (Lipinski definition) is 2. The minimum atomic E-state index is -0.482. The molecular weight excluding hydrogens is 420 g/mol. The van der Waals surface area contributed by atoms with Crippen LogP contribution in [0.25, 0.3) is 21.2 Å². The second-order valence-corrected chi connectivity index (χ2v) is 9.63. The third-order valence-electron chi connectivity index (χ3n) is 5.27. The molecule has 6 nitrogen and oxygen atoms in total. The van der Waals surface area contributed by atoms with Crippen LogP contribution in [-0.2, 0) is 12.2 Å². The Labute approximate surface area is 181 Å². The molecule has 0 aliphatic heterocycles. The molecule has 1 aromatic carbocycles. The Balaban J connectivity index is 1.67. The molecule has 1 unspecified atom stereocenters. The number of aromatic nitrogens is 2. The van der Waals surface area contributed by atoms with Gasteiger partial charge in [0.15, 0.2) is 5.16 Å². The highest BCUT2D eigenvalue weighted by Crippen LogP contribution is 2.32. The molecule has 0 fully saturated rings. The lowest BCUT2D eigenvalue weighted by Crippen LogP contribution is -2.11. The van der Waals surface area contributed by atoms with Gasteiger partial charge in [-0.3, -0.25) is 4.79 Å². The van der Waals surface area contributed by atoms with Gasteiger partial charge in [-0.15, -0.1) is 11.3 Å². The molecule has 0 saturated carbocycles. The second kappa shape index (κ2) is 8.28. The van der Waals surface area contributed by atoms with Gasteiger partial charge in [-0.1, -0.05) is 32.0 Å². The van der Waals surface area contributed by atoms with Crippen molar-refractivity contribution in [2.45, 2.75) is 44.5 Å². The van der Waals surface area contributed by atoms with E-state index >= 15 is 0 Å². The summed E-state index contributed by atoms with van der Waals surface area (Å²) in [5, 5.41) is 11.6. The number of nitrogens with one attached hydrogen (secondary N) is 1. The van der Waals surface area contributed by atoms with E-state index in [2.05, 4.69) is 23.8 Å². The molecule has 3 heterocycles. The van der Waals surface area contributed by atoms with Gasteiger partial charge in [0, 0.05) is 28.1 Å². The molecule has 0 bridgehead atoms. The van der Waals surface area contributed by atoms with Crippen molar-refractivity contribution in [3.63, 3.8) is 0 Å². The lowest BCUT2D eigenvalue weighted by Gasteiger charge is -2.08. The summed E-state index contributed by atoms with van der Waals surface area (Å²) in [6.45, 7) is 6.39. The number of nitrogens with zero attached hydrogens (tertiary/aromatic N) is 1.